The van der Waals surface area contributed by atoms with Crippen LogP contribution >= 0.6 is 0 Å². The van der Waals surface area contributed by atoms with Crippen LogP contribution in [0.2, 0.25) is 0 Å². The lowest BCUT2D eigenvalue weighted by atomic mass is 9.94. The Morgan fingerprint density at radius 1 is 1.42 bits per heavy atom. The van der Waals surface area contributed by atoms with Crippen LogP contribution in [0.3, 0.4) is 0 Å². The Hall–Kier alpha value is -1.69. The van der Waals surface area contributed by atoms with E-state index in [1.54, 1.807) is 0 Å². The van der Waals surface area contributed by atoms with Crippen molar-refractivity contribution in [2.24, 2.45) is 0 Å². The molecule has 0 bridgehead atoms. The molecule has 1 unspecified atom stereocenters. The van der Waals surface area contributed by atoms with E-state index in [0.717, 1.165) is 25.0 Å². The van der Waals surface area contributed by atoms with Gasteiger partial charge < -0.3 is 15.8 Å². The van der Waals surface area contributed by atoms with Gasteiger partial charge in [-0.15, -0.1) is 0 Å². The number of ether oxygens (including phenoxy) is 1. The highest BCUT2D eigenvalue weighted by molar-refractivity contribution is 5.99. The van der Waals surface area contributed by atoms with E-state index in [2.05, 4.69) is 5.32 Å². The second kappa shape index (κ2) is 5.13. The van der Waals surface area contributed by atoms with Crippen molar-refractivity contribution in [1.29, 1.82) is 0 Å². The van der Waals surface area contributed by atoms with Gasteiger partial charge in [0.1, 0.15) is 0 Å². The minimum absolute atomic E-state index is 0.0642. The van der Waals surface area contributed by atoms with Gasteiger partial charge in [-0.25, -0.2) is 8.78 Å². The van der Waals surface area contributed by atoms with Crippen LogP contribution in [0.15, 0.2) is 12.1 Å². The Balaban J connectivity index is 2.18. The van der Waals surface area contributed by atoms with E-state index >= 15 is 0 Å². The number of benzene rings is 1. The highest BCUT2D eigenvalue weighted by Crippen LogP contribution is 2.21. The second-order valence-electron chi connectivity index (χ2n) is 5.02. The van der Waals surface area contributed by atoms with Gasteiger partial charge in [-0.05, 0) is 25.8 Å². The van der Waals surface area contributed by atoms with Crippen LogP contribution in [0.1, 0.15) is 30.1 Å². The maximum atomic E-state index is 13.2. The van der Waals surface area contributed by atoms with Gasteiger partial charge in [0, 0.05) is 18.4 Å². The van der Waals surface area contributed by atoms with Crippen molar-refractivity contribution in [2.75, 3.05) is 18.9 Å². The average molecular weight is 270 g/mol. The molecule has 1 fully saturated rings. The Morgan fingerprint density at radius 3 is 2.74 bits per heavy atom. The molecule has 1 aliphatic rings. The van der Waals surface area contributed by atoms with E-state index in [-0.39, 0.29) is 11.3 Å². The number of halogens is 2. The average Bonchev–Trinajstić information content (AvgIpc) is 2.34. The maximum absolute atomic E-state index is 13.2. The zero-order valence-corrected chi connectivity index (χ0v) is 10.6. The van der Waals surface area contributed by atoms with Gasteiger partial charge in [0.2, 0.25) is 0 Å². The summed E-state index contributed by atoms with van der Waals surface area (Å²) in [6.45, 7) is 2.90. The summed E-state index contributed by atoms with van der Waals surface area (Å²) in [5, 5.41) is 2.77. The summed E-state index contributed by atoms with van der Waals surface area (Å²) in [4.78, 5) is 12.1. The van der Waals surface area contributed by atoms with Gasteiger partial charge in [-0.3, -0.25) is 4.79 Å². The zero-order chi connectivity index (χ0) is 14.0. The van der Waals surface area contributed by atoms with Gasteiger partial charge in [0.15, 0.2) is 11.6 Å². The second-order valence-corrected chi connectivity index (χ2v) is 5.02. The van der Waals surface area contributed by atoms with Gasteiger partial charge in [0.05, 0.1) is 17.7 Å². The number of amides is 1. The third-order valence-electron chi connectivity index (χ3n) is 3.19. The van der Waals surface area contributed by atoms with Crippen molar-refractivity contribution in [3.63, 3.8) is 0 Å². The van der Waals surface area contributed by atoms with Crippen molar-refractivity contribution in [3.8, 4) is 0 Å². The van der Waals surface area contributed by atoms with E-state index in [1.165, 1.54) is 0 Å². The molecule has 0 spiro atoms. The Bertz CT molecular complexity index is 500. The molecule has 1 atom stereocenters. The van der Waals surface area contributed by atoms with Crippen LogP contribution in [0.5, 0.6) is 0 Å². The van der Waals surface area contributed by atoms with Crippen LogP contribution in [0.4, 0.5) is 14.5 Å². The molecule has 1 amide bonds. The van der Waals surface area contributed by atoms with E-state index in [1.807, 2.05) is 6.92 Å². The molecular formula is C13H16F2N2O2. The van der Waals surface area contributed by atoms with Crippen molar-refractivity contribution >= 4 is 11.6 Å². The molecule has 1 heterocycles. The molecule has 104 valence electrons. The van der Waals surface area contributed by atoms with Gasteiger partial charge in [0.25, 0.3) is 5.91 Å². The first-order valence-electron chi connectivity index (χ1n) is 6.06. The van der Waals surface area contributed by atoms with Crippen molar-refractivity contribution in [3.05, 3.63) is 29.3 Å². The van der Waals surface area contributed by atoms with Crippen LogP contribution in [0, 0.1) is 11.6 Å². The summed E-state index contributed by atoms with van der Waals surface area (Å²) in [5.74, 6) is -2.69. The molecule has 0 radical (unpaired) electrons. The summed E-state index contributed by atoms with van der Waals surface area (Å²) in [5.41, 5.74) is 4.88. The van der Waals surface area contributed by atoms with Gasteiger partial charge in [-0.2, -0.15) is 0 Å². The van der Waals surface area contributed by atoms with Crippen molar-refractivity contribution < 1.29 is 18.3 Å². The minimum atomic E-state index is -1.09. The van der Waals surface area contributed by atoms with E-state index in [0.29, 0.717) is 13.2 Å². The van der Waals surface area contributed by atoms with Gasteiger partial charge >= 0.3 is 0 Å². The molecule has 0 aliphatic carbocycles. The minimum Gasteiger partial charge on any atom is -0.398 e. The van der Waals surface area contributed by atoms with Crippen molar-refractivity contribution in [2.45, 2.75) is 25.3 Å². The zero-order valence-electron chi connectivity index (χ0n) is 10.6. The smallest absolute Gasteiger partial charge is 0.253 e. The van der Waals surface area contributed by atoms with Gasteiger partial charge in [-0.1, -0.05) is 0 Å². The standard InChI is InChI=1S/C13H16F2N2O2/c1-13(3-2-4-19-7-13)17-12(18)8-5-9(14)10(15)6-11(8)16/h5-6H,2-4,7,16H2,1H3,(H,17,18). The molecule has 1 aromatic rings. The first kappa shape index (κ1) is 13.7. The molecule has 0 aromatic heterocycles. The lowest BCUT2D eigenvalue weighted by Gasteiger charge is -2.34. The number of carbonyl (C=O) groups is 1. The quantitative estimate of drug-likeness (QED) is 0.806. The lowest BCUT2D eigenvalue weighted by Crippen LogP contribution is -2.51. The Kier molecular flexibility index (Phi) is 3.71. The highest BCUT2D eigenvalue weighted by atomic mass is 19.2. The molecule has 2 rings (SSSR count). The van der Waals surface area contributed by atoms with Crippen LogP contribution in [-0.4, -0.2) is 24.7 Å². The normalized spacial score (nSPS) is 23.1. The van der Waals surface area contributed by atoms with Crippen LogP contribution in [-0.2, 0) is 4.74 Å². The summed E-state index contributed by atoms with van der Waals surface area (Å²) < 4.78 is 31.4. The molecule has 0 saturated carbocycles. The molecule has 1 aromatic carbocycles. The number of nitrogen functional groups attached to an aromatic ring is 1. The molecule has 1 aliphatic heterocycles. The Morgan fingerprint density at radius 2 is 2.11 bits per heavy atom. The monoisotopic (exact) mass is 270 g/mol. The lowest BCUT2D eigenvalue weighted by molar-refractivity contribution is 0.0273. The number of nitrogens with one attached hydrogen (secondary N) is 1. The summed E-state index contributed by atoms with van der Waals surface area (Å²) in [6, 6.07) is 1.62. The molecular weight excluding hydrogens is 254 g/mol. The number of carbonyl (C=O) groups excluding carboxylic acids is 1. The SMILES string of the molecule is CC1(NC(=O)c2cc(F)c(F)cc2N)CCCOC1. The molecule has 6 heteroatoms. The number of hydrogen-bond donors (Lipinski definition) is 2. The van der Waals surface area contributed by atoms with E-state index in [4.69, 9.17) is 10.5 Å². The number of anilines is 1. The predicted molar refractivity (Wildman–Crippen MR) is 66.7 cm³/mol. The summed E-state index contributed by atoms with van der Waals surface area (Å²) in [7, 11) is 0. The first-order chi connectivity index (χ1) is 8.91. The van der Waals surface area contributed by atoms with Crippen LogP contribution in [0.25, 0.3) is 0 Å². The highest BCUT2D eigenvalue weighted by Gasteiger charge is 2.30. The molecule has 19 heavy (non-hydrogen) atoms. The predicted octanol–water partition coefficient (Wildman–Crippen LogP) is 1.85. The summed E-state index contributed by atoms with van der Waals surface area (Å²) in [6.07, 6.45) is 1.60. The van der Waals surface area contributed by atoms with Crippen LogP contribution < -0.4 is 11.1 Å². The summed E-state index contributed by atoms with van der Waals surface area (Å²) >= 11 is 0. The topological polar surface area (TPSA) is 64.4 Å². The maximum Gasteiger partial charge on any atom is 0.253 e. The fourth-order valence-electron chi connectivity index (χ4n) is 2.13. The number of hydrogen-bond acceptors (Lipinski definition) is 3. The largest absolute Gasteiger partial charge is 0.398 e. The number of nitrogens with two attached hydrogens (primary N) is 1. The molecule has 1 saturated heterocycles. The molecule has 4 nitrogen and oxygen atoms in total. The third-order valence-corrected chi connectivity index (χ3v) is 3.19. The van der Waals surface area contributed by atoms with E-state index in [9.17, 15) is 13.6 Å². The Labute approximate surface area is 109 Å². The number of rotatable bonds is 2. The fourth-order valence-corrected chi connectivity index (χ4v) is 2.13. The molecule has 3 N–H and O–H groups in total. The fraction of sp³-hybridized carbons (Fsp3) is 0.462. The third kappa shape index (κ3) is 3.01. The first-order valence-corrected chi connectivity index (χ1v) is 6.06. The van der Waals surface area contributed by atoms with E-state index < -0.39 is 23.1 Å². The van der Waals surface area contributed by atoms with Crippen molar-refractivity contribution in [1.82, 2.24) is 5.32 Å².